The fourth-order valence-corrected chi connectivity index (χ4v) is 5.71. The number of benzene rings is 1. The number of likely N-dealkylation sites (tertiary alicyclic amines) is 1. The molecule has 0 aliphatic carbocycles. The zero-order valence-corrected chi connectivity index (χ0v) is 16.2. The Hall–Kier alpha value is -1.22. The molecule has 0 spiro atoms. The van der Waals surface area contributed by atoms with Crippen molar-refractivity contribution in [3.63, 3.8) is 0 Å². The van der Waals surface area contributed by atoms with Crippen molar-refractivity contribution >= 4 is 27.3 Å². The Kier molecular flexibility index (Phi) is 6.17. The van der Waals surface area contributed by atoms with Gasteiger partial charge in [0.15, 0.2) is 4.90 Å². The first-order valence-corrected chi connectivity index (χ1v) is 10.9. The van der Waals surface area contributed by atoms with E-state index in [4.69, 9.17) is 11.6 Å². The summed E-state index contributed by atoms with van der Waals surface area (Å²) in [4.78, 5) is 12.7. The molecule has 2 fully saturated rings. The molecule has 0 aromatic heterocycles. The average Bonchev–Trinajstić information content (AvgIpc) is 2.91. The number of hydrogen-bond acceptors (Lipinski definition) is 5. The quantitative estimate of drug-likeness (QED) is 0.571. The highest BCUT2D eigenvalue weighted by molar-refractivity contribution is 7.89. The third kappa shape index (κ3) is 4.19. The van der Waals surface area contributed by atoms with E-state index in [1.54, 1.807) is 0 Å². The van der Waals surface area contributed by atoms with Crippen LogP contribution in [0.1, 0.15) is 38.5 Å². The van der Waals surface area contributed by atoms with Crippen LogP contribution in [0.25, 0.3) is 0 Å². The van der Waals surface area contributed by atoms with E-state index in [2.05, 4.69) is 4.90 Å². The van der Waals surface area contributed by atoms with Crippen LogP contribution in [0.4, 0.5) is 5.69 Å². The second-order valence-corrected chi connectivity index (χ2v) is 9.32. The molecule has 0 saturated carbocycles. The number of sulfonamides is 1. The minimum absolute atomic E-state index is 0.150. The van der Waals surface area contributed by atoms with Crippen LogP contribution in [0.15, 0.2) is 23.1 Å². The number of nitrogens with zero attached hydrogens (tertiary/aromatic N) is 3. The monoisotopic (exact) mass is 401 g/mol. The molecule has 144 valence electrons. The van der Waals surface area contributed by atoms with Crippen molar-refractivity contribution in [1.29, 1.82) is 0 Å². The third-order valence-electron chi connectivity index (χ3n) is 5.25. The average molecular weight is 402 g/mol. The second kappa shape index (κ2) is 8.21. The molecule has 1 aromatic carbocycles. The summed E-state index contributed by atoms with van der Waals surface area (Å²) < 4.78 is 27.6. The summed E-state index contributed by atoms with van der Waals surface area (Å²) in [6, 6.07) is 3.91. The predicted molar refractivity (Wildman–Crippen MR) is 99.9 cm³/mol. The first-order valence-electron chi connectivity index (χ1n) is 9.08. The van der Waals surface area contributed by atoms with Crippen LogP contribution in [0.5, 0.6) is 0 Å². The van der Waals surface area contributed by atoms with Crippen LogP contribution in [0, 0.1) is 10.1 Å². The summed E-state index contributed by atoms with van der Waals surface area (Å²) in [5, 5.41) is 11.5. The number of hydrogen-bond donors (Lipinski definition) is 0. The fourth-order valence-electron chi connectivity index (χ4n) is 3.89. The summed E-state index contributed by atoms with van der Waals surface area (Å²) in [5.74, 6) is 0. The first-order chi connectivity index (χ1) is 12.4. The molecule has 3 rings (SSSR count). The van der Waals surface area contributed by atoms with Gasteiger partial charge in [-0.25, -0.2) is 8.42 Å². The molecule has 2 heterocycles. The minimum atomic E-state index is -3.93. The van der Waals surface area contributed by atoms with Crippen molar-refractivity contribution in [2.24, 2.45) is 0 Å². The SMILES string of the molecule is O=[N+]([O-])c1cc(Cl)ccc1S(=O)(=O)N1CCCC(N2CCCCCC2)C1. The van der Waals surface area contributed by atoms with Crippen LogP contribution in [0.2, 0.25) is 5.02 Å². The fraction of sp³-hybridized carbons (Fsp3) is 0.647. The number of piperidine rings is 1. The first kappa shape index (κ1) is 19.5. The van der Waals surface area contributed by atoms with Gasteiger partial charge in [0.1, 0.15) is 0 Å². The molecule has 1 unspecified atom stereocenters. The molecule has 26 heavy (non-hydrogen) atoms. The summed E-state index contributed by atoms with van der Waals surface area (Å²) in [6.45, 7) is 2.79. The van der Waals surface area contributed by atoms with E-state index in [0.29, 0.717) is 13.1 Å². The Bertz CT molecular complexity index is 763. The van der Waals surface area contributed by atoms with Crippen molar-refractivity contribution in [2.45, 2.75) is 49.5 Å². The Morgan fingerprint density at radius 2 is 1.77 bits per heavy atom. The Balaban J connectivity index is 1.84. The van der Waals surface area contributed by atoms with Gasteiger partial charge in [0.25, 0.3) is 5.69 Å². The van der Waals surface area contributed by atoms with Crippen LogP contribution in [-0.4, -0.2) is 54.8 Å². The molecule has 9 heteroatoms. The van der Waals surface area contributed by atoms with Gasteiger partial charge in [-0.15, -0.1) is 0 Å². The van der Waals surface area contributed by atoms with Crippen LogP contribution in [0.3, 0.4) is 0 Å². The van der Waals surface area contributed by atoms with Crippen LogP contribution < -0.4 is 0 Å². The molecule has 2 aliphatic heterocycles. The maximum absolute atomic E-state index is 13.1. The molecule has 1 aromatic rings. The molecule has 0 bridgehead atoms. The van der Waals surface area contributed by atoms with E-state index < -0.39 is 20.6 Å². The molecule has 2 saturated heterocycles. The minimum Gasteiger partial charge on any atom is -0.299 e. The lowest BCUT2D eigenvalue weighted by atomic mass is 10.1. The molecule has 1 atom stereocenters. The van der Waals surface area contributed by atoms with E-state index in [0.717, 1.165) is 44.8 Å². The van der Waals surface area contributed by atoms with Crippen LogP contribution in [-0.2, 0) is 10.0 Å². The Morgan fingerprint density at radius 3 is 2.42 bits per heavy atom. The number of halogens is 1. The third-order valence-corrected chi connectivity index (χ3v) is 7.40. The molecular formula is C17H24ClN3O4S. The van der Waals surface area contributed by atoms with Gasteiger partial charge in [0.05, 0.1) is 4.92 Å². The van der Waals surface area contributed by atoms with E-state index in [9.17, 15) is 18.5 Å². The van der Waals surface area contributed by atoms with Crippen LogP contribution >= 0.6 is 11.6 Å². The van der Waals surface area contributed by atoms with Gasteiger partial charge < -0.3 is 0 Å². The molecule has 0 amide bonds. The summed E-state index contributed by atoms with van der Waals surface area (Å²) >= 11 is 5.82. The standard InChI is InChI=1S/C17H24ClN3O4S/c18-14-7-8-17(16(12-14)21(22)23)26(24,25)20-11-5-6-15(13-20)19-9-3-1-2-4-10-19/h7-8,12,15H,1-6,9-11,13H2. The van der Waals surface area contributed by atoms with Crippen molar-refractivity contribution < 1.29 is 13.3 Å². The van der Waals surface area contributed by atoms with Crippen molar-refractivity contribution in [3.8, 4) is 0 Å². The lowest BCUT2D eigenvalue weighted by molar-refractivity contribution is -0.387. The normalized spacial score (nSPS) is 23.5. The van der Waals surface area contributed by atoms with Gasteiger partial charge >= 0.3 is 0 Å². The topological polar surface area (TPSA) is 83.8 Å². The van der Waals surface area contributed by atoms with Crippen molar-refractivity contribution in [3.05, 3.63) is 33.3 Å². The molecule has 0 radical (unpaired) electrons. The van der Waals surface area contributed by atoms with Gasteiger partial charge in [-0.1, -0.05) is 24.4 Å². The summed E-state index contributed by atoms with van der Waals surface area (Å²) in [7, 11) is -3.93. The zero-order valence-electron chi connectivity index (χ0n) is 14.6. The lowest BCUT2D eigenvalue weighted by Crippen LogP contribution is -2.50. The Morgan fingerprint density at radius 1 is 1.08 bits per heavy atom. The molecular weight excluding hydrogens is 378 g/mol. The highest BCUT2D eigenvalue weighted by Gasteiger charge is 2.36. The number of nitro benzene ring substituents is 1. The van der Waals surface area contributed by atoms with Gasteiger partial charge in [0.2, 0.25) is 10.0 Å². The highest BCUT2D eigenvalue weighted by atomic mass is 35.5. The van der Waals surface area contributed by atoms with E-state index in [1.165, 1.54) is 29.3 Å². The maximum atomic E-state index is 13.1. The van der Waals surface area contributed by atoms with Gasteiger partial charge in [-0.2, -0.15) is 4.31 Å². The number of rotatable bonds is 4. The number of nitro groups is 1. The van der Waals surface area contributed by atoms with Crippen molar-refractivity contribution in [2.75, 3.05) is 26.2 Å². The smallest absolute Gasteiger partial charge is 0.290 e. The van der Waals surface area contributed by atoms with E-state index >= 15 is 0 Å². The molecule has 2 aliphatic rings. The highest BCUT2D eigenvalue weighted by Crippen LogP contribution is 2.31. The van der Waals surface area contributed by atoms with Gasteiger partial charge in [0, 0.05) is 30.2 Å². The van der Waals surface area contributed by atoms with E-state index in [-0.39, 0.29) is 16.0 Å². The van der Waals surface area contributed by atoms with Gasteiger partial charge in [-0.05, 0) is 50.9 Å². The zero-order chi connectivity index (χ0) is 18.7. The second-order valence-electron chi connectivity index (χ2n) is 6.98. The molecule has 0 N–H and O–H groups in total. The predicted octanol–water partition coefficient (Wildman–Crippen LogP) is 3.28. The Labute approximate surface area is 159 Å². The summed E-state index contributed by atoms with van der Waals surface area (Å²) in [5.41, 5.74) is -0.464. The lowest BCUT2D eigenvalue weighted by Gasteiger charge is -2.38. The molecule has 7 nitrogen and oxygen atoms in total. The summed E-state index contributed by atoms with van der Waals surface area (Å²) in [6.07, 6.45) is 6.47. The maximum Gasteiger partial charge on any atom is 0.290 e. The van der Waals surface area contributed by atoms with E-state index in [1.807, 2.05) is 0 Å². The van der Waals surface area contributed by atoms with Crippen molar-refractivity contribution in [1.82, 2.24) is 9.21 Å². The largest absolute Gasteiger partial charge is 0.299 e. The van der Waals surface area contributed by atoms with Gasteiger partial charge in [-0.3, -0.25) is 15.0 Å².